The first kappa shape index (κ1) is 11.3. The highest BCUT2D eigenvalue weighted by Crippen LogP contribution is 2.24. The molecule has 0 spiro atoms. The predicted octanol–water partition coefficient (Wildman–Crippen LogP) is 0.958. The Morgan fingerprint density at radius 2 is 2.00 bits per heavy atom. The van der Waals surface area contributed by atoms with Crippen molar-refractivity contribution in [1.29, 1.82) is 0 Å². The second-order valence-corrected chi connectivity index (χ2v) is 4.30. The number of rotatable bonds is 3. The van der Waals surface area contributed by atoms with Gasteiger partial charge in [-0.3, -0.25) is 4.79 Å². The van der Waals surface area contributed by atoms with Gasteiger partial charge in [0.2, 0.25) is 0 Å². The Morgan fingerprint density at radius 3 is 2.47 bits per heavy atom. The number of thiazole rings is 1. The van der Waals surface area contributed by atoms with Crippen molar-refractivity contribution in [2.75, 3.05) is 24.0 Å². The Labute approximate surface area is 101 Å². The van der Waals surface area contributed by atoms with Gasteiger partial charge in [0, 0.05) is 5.69 Å². The number of methoxy groups -OCH3 is 1. The Bertz CT molecular complexity index is 573. The van der Waals surface area contributed by atoms with Crippen molar-refractivity contribution in [3.8, 4) is 5.75 Å². The molecule has 0 saturated carbocycles. The second kappa shape index (κ2) is 4.38. The molecule has 0 aliphatic heterocycles. The number of benzene rings is 1. The summed E-state index contributed by atoms with van der Waals surface area (Å²) in [4.78, 5) is 11.0. The van der Waals surface area contributed by atoms with E-state index in [1.807, 2.05) is 0 Å². The van der Waals surface area contributed by atoms with Gasteiger partial charge in [0.1, 0.15) is 10.8 Å². The molecule has 1 aromatic carbocycles. The maximum Gasteiger partial charge on any atom is 0.329 e. The lowest BCUT2D eigenvalue weighted by molar-refractivity contribution is 0.415. The number of aromatic nitrogens is 1. The van der Waals surface area contributed by atoms with Gasteiger partial charge in [0.15, 0.2) is 5.82 Å². The molecule has 0 aliphatic carbocycles. The van der Waals surface area contributed by atoms with E-state index >= 15 is 0 Å². The fraction of sp³-hybridized carbons (Fsp3) is 0.100. The van der Waals surface area contributed by atoms with Crippen molar-refractivity contribution < 1.29 is 4.74 Å². The molecule has 90 valence electrons. The zero-order chi connectivity index (χ0) is 12.4. The topological polar surface area (TPSA) is 95.3 Å². The number of anilines is 3. The average Bonchev–Trinajstić information content (AvgIpc) is 2.57. The van der Waals surface area contributed by atoms with E-state index in [4.69, 9.17) is 16.3 Å². The Hall–Kier alpha value is -2.15. The van der Waals surface area contributed by atoms with Gasteiger partial charge in [-0.2, -0.15) is 4.68 Å². The molecular weight excluding hydrogens is 240 g/mol. The first-order valence-corrected chi connectivity index (χ1v) is 5.61. The minimum atomic E-state index is -0.307. The van der Waals surface area contributed by atoms with Crippen LogP contribution in [0.4, 0.5) is 16.5 Å². The normalized spacial score (nSPS) is 10.2. The highest BCUT2D eigenvalue weighted by molar-refractivity contribution is 7.14. The molecule has 0 atom stereocenters. The molecule has 2 aromatic rings. The molecule has 0 unspecified atom stereocenters. The van der Waals surface area contributed by atoms with Crippen LogP contribution in [0.25, 0.3) is 0 Å². The lowest BCUT2D eigenvalue weighted by atomic mass is 10.3. The van der Waals surface area contributed by atoms with E-state index in [1.54, 1.807) is 31.4 Å². The SMILES string of the molecule is COc1ccc(Nc2c(N)sc(=O)n2N)cc1. The molecule has 2 rings (SSSR count). The van der Waals surface area contributed by atoms with Crippen LogP contribution in [0.1, 0.15) is 0 Å². The molecule has 0 fully saturated rings. The maximum absolute atomic E-state index is 11.3. The van der Waals surface area contributed by atoms with E-state index in [2.05, 4.69) is 5.32 Å². The molecular formula is C10H12N4O2S. The van der Waals surface area contributed by atoms with Gasteiger partial charge >= 0.3 is 4.87 Å². The van der Waals surface area contributed by atoms with Gasteiger partial charge < -0.3 is 21.6 Å². The van der Waals surface area contributed by atoms with Crippen molar-refractivity contribution in [3.63, 3.8) is 0 Å². The summed E-state index contributed by atoms with van der Waals surface area (Å²) in [6.07, 6.45) is 0. The predicted molar refractivity (Wildman–Crippen MR) is 69.4 cm³/mol. The van der Waals surface area contributed by atoms with Crippen LogP contribution in [0.15, 0.2) is 29.1 Å². The first-order chi connectivity index (χ1) is 8.11. The number of hydrogen-bond acceptors (Lipinski definition) is 6. The molecule has 0 bridgehead atoms. The number of nitrogens with one attached hydrogen (secondary N) is 1. The third-order valence-electron chi connectivity index (χ3n) is 2.22. The molecule has 1 aromatic heterocycles. The number of nitrogen functional groups attached to an aromatic ring is 2. The van der Waals surface area contributed by atoms with E-state index in [1.165, 1.54) is 0 Å². The van der Waals surface area contributed by atoms with Crippen LogP contribution in [0, 0.1) is 0 Å². The third kappa shape index (κ3) is 2.18. The first-order valence-electron chi connectivity index (χ1n) is 4.79. The Kier molecular flexibility index (Phi) is 2.92. The summed E-state index contributed by atoms with van der Waals surface area (Å²) in [6.45, 7) is 0. The zero-order valence-electron chi connectivity index (χ0n) is 9.14. The van der Waals surface area contributed by atoms with Gasteiger partial charge in [0.25, 0.3) is 0 Å². The molecule has 0 amide bonds. The van der Waals surface area contributed by atoms with Crippen LogP contribution in [0.2, 0.25) is 0 Å². The van der Waals surface area contributed by atoms with Crippen molar-refractivity contribution >= 4 is 27.8 Å². The summed E-state index contributed by atoms with van der Waals surface area (Å²) in [5.41, 5.74) is 6.45. The maximum atomic E-state index is 11.3. The highest BCUT2D eigenvalue weighted by Gasteiger charge is 2.10. The summed E-state index contributed by atoms with van der Waals surface area (Å²) in [6, 6.07) is 7.20. The van der Waals surface area contributed by atoms with Crippen molar-refractivity contribution in [3.05, 3.63) is 33.9 Å². The lowest BCUT2D eigenvalue weighted by Crippen LogP contribution is -2.23. The van der Waals surface area contributed by atoms with Gasteiger partial charge in [-0.05, 0) is 24.3 Å². The van der Waals surface area contributed by atoms with Crippen LogP contribution in [-0.4, -0.2) is 11.8 Å². The standard InChI is InChI=1S/C10H12N4O2S/c1-16-7-4-2-6(3-5-7)13-9-8(11)17-10(15)14(9)12/h2-5,13H,11-12H2,1H3. The van der Waals surface area contributed by atoms with Crippen molar-refractivity contribution in [1.82, 2.24) is 4.68 Å². The molecule has 6 nitrogen and oxygen atoms in total. The quantitative estimate of drug-likeness (QED) is 0.707. The van der Waals surface area contributed by atoms with E-state index in [0.717, 1.165) is 27.4 Å². The fourth-order valence-electron chi connectivity index (χ4n) is 1.33. The minimum Gasteiger partial charge on any atom is -0.497 e. The summed E-state index contributed by atoms with van der Waals surface area (Å²) in [5.74, 6) is 6.70. The molecule has 17 heavy (non-hydrogen) atoms. The molecule has 5 N–H and O–H groups in total. The van der Waals surface area contributed by atoms with Crippen LogP contribution in [0.3, 0.4) is 0 Å². The van der Waals surface area contributed by atoms with Crippen LogP contribution < -0.4 is 26.5 Å². The van der Waals surface area contributed by atoms with Crippen molar-refractivity contribution in [2.45, 2.75) is 0 Å². The fourth-order valence-corrected chi connectivity index (χ4v) is 1.96. The second-order valence-electron chi connectivity index (χ2n) is 3.30. The molecule has 0 saturated heterocycles. The summed E-state index contributed by atoms with van der Waals surface area (Å²) in [5, 5.41) is 3.34. The highest BCUT2D eigenvalue weighted by atomic mass is 32.1. The molecule has 1 heterocycles. The average molecular weight is 252 g/mol. The zero-order valence-corrected chi connectivity index (χ0v) is 9.95. The minimum absolute atomic E-state index is 0.307. The molecule has 0 radical (unpaired) electrons. The Balaban J connectivity index is 2.28. The van der Waals surface area contributed by atoms with Crippen molar-refractivity contribution in [2.24, 2.45) is 0 Å². The number of nitrogens with two attached hydrogens (primary N) is 2. The van der Waals surface area contributed by atoms with E-state index in [9.17, 15) is 4.79 Å². The van der Waals surface area contributed by atoms with Gasteiger partial charge in [-0.1, -0.05) is 11.3 Å². The Morgan fingerprint density at radius 1 is 1.35 bits per heavy atom. The summed E-state index contributed by atoms with van der Waals surface area (Å²) < 4.78 is 6.03. The van der Waals surface area contributed by atoms with Crippen LogP contribution >= 0.6 is 11.3 Å². The largest absolute Gasteiger partial charge is 0.497 e. The summed E-state index contributed by atoms with van der Waals surface area (Å²) in [7, 11) is 1.59. The van der Waals surface area contributed by atoms with Gasteiger partial charge in [-0.25, -0.2) is 0 Å². The van der Waals surface area contributed by atoms with Gasteiger partial charge in [-0.15, -0.1) is 0 Å². The number of ether oxygens (including phenoxy) is 1. The monoisotopic (exact) mass is 252 g/mol. The summed E-state index contributed by atoms with van der Waals surface area (Å²) >= 11 is 0.896. The smallest absolute Gasteiger partial charge is 0.329 e. The van der Waals surface area contributed by atoms with Crippen LogP contribution in [0.5, 0.6) is 5.75 Å². The van der Waals surface area contributed by atoms with E-state index < -0.39 is 0 Å². The van der Waals surface area contributed by atoms with Gasteiger partial charge in [0.05, 0.1) is 7.11 Å². The van der Waals surface area contributed by atoms with E-state index in [-0.39, 0.29) is 4.87 Å². The number of nitrogens with zero attached hydrogens (tertiary/aromatic N) is 1. The lowest BCUT2D eigenvalue weighted by Gasteiger charge is -2.08. The third-order valence-corrected chi connectivity index (χ3v) is 3.01. The molecule has 7 heteroatoms. The number of hydrogen-bond donors (Lipinski definition) is 3. The molecule has 0 aliphatic rings. The van der Waals surface area contributed by atoms with Crippen LogP contribution in [-0.2, 0) is 0 Å². The van der Waals surface area contributed by atoms with E-state index in [0.29, 0.717) is 10.8 Å².